The Labute approximate surface area is 99.3 Å². The number of rotatable bonds is 2. The Hall–Kier alpha value is -1.61. The van der Waals surface area contributed by atoms with E-state index in [-0.39, 0.29) is 0 Å². The second-order valence-electron chi connectivity index (χ2n) is 3.52. The molecule has 0 aliphatic heterocycles. The zero-order valence-corrected chi connectivity index (χ0v) is 9.70. The molecular formula is C12H12ClN3. The fraction of sp³-hybridized carbons (Fsp3) is 0.167. The summed E-state index contributed by atoms with van der Waals surface area (Å²) in [6.07, 6.45) is 1.02. The third-order valence-corrected chi connectivity index (χ3v) is 2.65. The molecule has 4 heteroatoms. The van der Waals surface area contributed by atoms with Gasteiger partial charge in [-0.3, -0.25) is 0 Å². The molecule has 0 bridgehead atoms. The van der Waals surface area contributed by atoms with E-state index < -0.39 is 0 Å². The molecule has 1 aromatic heterocycles. The van der Waals surface area contributed by atoms with Gasteiger partial charge < -0.3 is 5.73 Å². The fourth-order valence-corrected chi connectivity index (χ4v) is 1.68. The molecule has 0 saturated carbocycles. The van der Waals surface area contributed by atoms with E-state index in [0.717, 1.165) is 17.5 Å². The van der Waals surface area contributed by atoms with Gasteiger partial charge in [0.05, 0.1) is 0 Å². The first-order valence-electron chi connectivity index (χ1n) is 5.08. The molecule has 0 aliphatic carbocycles. The highest BCUT2D eigenvalue weighted by Crippen LogP contribution is 2.25. The van der Waals surface area contributed by atoms with Gasteiger partial charge >= 0.3 is 0 Å². The van der Waals surface area contributed by atoms with Gasteiger partial charge in [0.1, 0.15) is 0 Å². The molecule has 0 atom stereocenters. The number of nitrogen functional groups attached to an aromatic ring is 1. The summed E-state index contributed by atoms with van der Waals surface area (Å²) >= 11 is 5.80. The quantitative estimate of drug-likeness (QED) is 0.868. The minimum Gasteiger partial charge on any atom is -0.382 e. The van der Waals surface area contributed by atoms with Crippen molar-refractivity contribution in [3.05, 3.63) is 41.0 Å². The van der Waals surface area contributed by atoms with Crippen LogP contribution in [0.5, 0.6) is 0 Å². The highest BCUT2D eigenvalue weighted by Gasteiger charge is 2.05. The zero-order chi connectivity index (χ0) is 11.5. The summed E-state index contributed by atoms with van der Waals surface area (Å²) in [6.45, 7) is 2.12. The van der Waals surface area contributed by atoms with E-state index in [9.17, 15) is 0 Å². The number of hydrogen-bond acceptors (Lipinski definition) is 3. The summed E-state index contributed by atoms with van der Waals surface area (Å²) < 4.78 is 0. The smallest absolute Gasteiger partial charge is 0.154 e. The number of nitrogens with zero attached hydrogens (tertiary/aromatic N) is 2. The highest BCUT2D eigenvalue weighted by atomic mass is 35.5. The fourth-order valence-electron chi connectivity index (χ4n) is 1.53. The Kier molecular flexibility index (Phi) is 3.06. The van der Waals surface area contributed by atoms with Crippen LogP contribution >= 0.6 is 11.6 Å². The molecule has 0 radical (unpaired) electrons. The number of anilines is 1. The van der Waals surface area contributed by atoms with E-state index in [0.29, 0.717) is 11.0 Å². The molecule has 2 aromatic rings. The second-order valence-corrected chi connectivity index (χ2v) is 3.90. The minimum atomic E-state index is 0.351. The molecule has 1 heterocycles. The first kappa shape index (κ1) is 10.9. The van der Waals surface area contributed by atoms with Gasteiger partial charge in [-0.15, -0.1) is 10.2 Å². The Morgan fingerprint density at radius 3 is 2.50 bits per heavy atom. The molecule has 0 aliphatic rings. The van der Waals surface area contributed by atoms with E-state index >= 15 is 0 Å². The molecule has 16 heavy (non-hydrogen) atoms. The van der Waals surface area contributed by atoms with Crippen molar-refractivity contribution in [1.82, 2.24) is 10.2 Å². The lowest BCUT2D eigenvalue weighted by atomic mass is 10.0. The Morgan fingerprint density at radius 1 is 1.19 bits per heavy atom. The van der Waals surface area contributed by atoms with Crippen LogP contribution in [0.1, 0.15) is 12.5 Å². The van der Waals surface area contributed by atoms with Crippen LogP contribution in [-0.2, 0) is 6.42 Å². The maximum Gasteiger partial charge on any atom is 0.154 e. The lowest BCUT2D eigenvalue weighted by Crippen LogP contribution is -1.96. The normalized spacial score (nSPS) is 10.4. The van der Waals surface area contributed by atoms with E-state index in [2.05, 4.69) is 29.3 Å². The number of aromatic nitrogens is 2. The summed E-state index contributed by atoms with van der Waals surface area (Å²) in [5.41, 5.74) is 8.88. The largest absolute Gasteiger partial charge is 0.382 e. The SMILES string of the molecule is CCc1ccc(-c2cc(Cl)nnc2N)cc1. The highest BCUT2D eigenvalue weighted by molar-refractivity contribution is 6.29. The monoisotopic (exact) mass is 233 g/mol. The van der Waals surface area contributed by atoms with Gasteiger partial charge in [0, 0.05) is 5.56 Å². The van der Waals surface area contributed by atoms with Gasteiger partial charge in [-0.2, -0.15) is 0 Å². The summed E-state index contributed by atoms with van der Waals surface area (Å²) in [6, 6.07) is 9.90. The number of aryl methyl sites for hydroxylation is 1. The second kappa shape index (κ2) is 4.49. The van der Waals surface area contributed by atoms with Crippen LogP contribution in [0.2, 0.25) is 5.15 Å². The average Bonchev–Trinajstić information content (AvgIpc) is 2.32. The van der Waals surface area contributed by atoms with Crippen molar-refractivity contribution >= 4 is 17.4 Å². The van der Waals surface area contributed by atoms with Gasteiger partial charge in [0.15, 0.2) is 11.0 Å². The number of hydrogen-bond donors (Lipinski definition) is 1. The molecular weight excluding hydrogens is 222 g/mol. The van der Waals surface area contributed by atoms with Crippen LogP contribution < -0.4 is 5.73 Å². The van der Waals surface area contributed by atoms with Crippen LogP contribution in [0, 0.1) is 0 Å². The summed E-state index contributed by atoms with van der Waals surface area (Å²) in [7, 11) is 0. The van der Waals surface area contributed by atoms with Crippen molar-refractivity contribution in [2.24, 2.45) is 0 Å². The van der Waals surface area contributed by atoms with Crippen LogP contribution in [0.25, 0.3) is 11.1 Å². The van der Waals surface area contributed by atoms with Crippen molar-refractivity contribution in [2.75, 3.05) is 5.73 Å². The first-order chi connectivity index (χ1) is 7.70. The molecule has 2 N–H and O–H groups in total. The zero-order valence-electron chi connectivity index (χ0n) is 8.94. The third kappa shape index (κ3) is 2.14. The Bertz CT molecular complexity index is 494. The maximum absolute atomic E-state index is 5.80. The predicted octanol–water partition coefficient (Wildman–Crippen LogP) is 2.94. The summed E-state index contributed by atoms with van der Waals surface area (Å²) in [5.74, 6) is 0.397. The van der Waals surface area contributed by atoms with E-state index in [4.69, 9.17) is 17.3 Å². The summed E-state index contributed by atoms with van der Waals surface area (Å²) in [4.78, 5) is 0. The lowest BCUT2D eigenvalue weighted by Gasteiger charge is -2.05. The van der Waals surface area contributed by atoms with Crippen molar-refractivity contribution in [3.63, 3.8) is 0 Å². The molecule has 82 valence electrons. The van der Waals surface area contributed by atoms with Gasteiger partial charge in [0.25, 0.3) is 0 Å². The van der Waals surface area contributed by atoms with Crippen LogP contribution in [0.15, 0.2) is 30.3 Å². The van der Waals surface area contributed by atoms with Crippen LogP contribution in [0.3, 0.4) is 0 Å². The predicted molar refractivity (Wildman–Crippen MR) is 66.3 cm³/mol. The van der Waals surface area contributed by atoms with Gasteiger partial charge in [-0.25, -0.2) is 0 Å². The van der Waals surface area contributed by atoms with Gasteiger partial charge in [-0.1, -0.05) is 42.8 Å². The average molecular weight is 234 g/mol. The van der Waals surface area contributed by atoms with Crippen LogP contribution in [0.4, 0.5) is 5.82 Å². The van der Waals surface area contributed by atoms with Gasteiger partial charge in [-0.05, 0) is 23.6 Å². The van der Waals surface area contributed by atoms with Crippen molar-refractivity contribution in [3.8, 4) is 11.1 Å². The first-order valence-corrected chi connectivity index (χ1v) is 5.46. The van der Waals surface area contributed by atoms with Gasteiger partial charge in [0.2, 0.25) is 0 Å². The molecule has 0 spiro atoms. The van der Waals surface area contributed by atoms with Crippen molar-refractivity contribution in [2.45, 2.75) is 13.3 Å². The summed E-state index contributed by atoms with van der Waals surface area (Å²) in [5, 5.41) is 7.83. The van der Waals surface area contributed by atoms with E-state index in [1.54, 1.807) is 6.07 Å². The number of halogens is 1. The van der Waals surface area contributed by atoms with Crippen molar-refractivity contribution < 1.29 is 0 Å². The molecule has 2 rings (SSSR count). The number of nitrogens with two attached hydrogens (primary N) is 1. The topological polar surface area (TPSA) is 51.8 Å². The Balaban J connectivity index is 2.45. The molecule has 0 amide bonds. The Morgan fingerprint density at radius 2 is 1.88 bits per heavy atom. The maximum atomic E-state index is 5.80. The molecule has 3 nitrogen and oxygen atoms in total. The minimum absolute atomic E-state index is 0.351. The van der Waals surface area contributed by atoms with E-state index in [1.807, 2.05) is 12.1 Å². The molecule has 1 aromatic carbocycles. The molecule has 0 unspecified atom stereocenters. The lowest BCUT2D eigenvalue weighted by molar-refractivity contribution is 1.04. The number of benzene rings is 1. The van der Waals surface area contributed by atoms with Crippen LogP contribution in [-0.4, -0.2) is 10.2 Å². The molecule has 0 saturated heterocycles. The standard InChI is InChI=1S/C12H12ClN3/c1-2-8-3-5-9(6-4-8)10-7-11(13)15-16-12(10)14/h3-7H,2H2,1H3,(H2,14,16). The van der Waals surface area contributed by atoms with E-state index in [1.165, 1.54) is 5.56 Å². The molecule has 0 fully saturated rings. The van der Waals surface area contributed by atoms with Crippen molar-refractivity contribution in [1.29, 1.82) is 0 Å². The third-order valence-electron chi connectivity index (χ3n) is 2.47.